The maximum atomic E-state index is 13.0. The van der Waals surface area contributed by atoms with Gasteiger partial charge in [-0.05, 0) is 37.8 Å². The van der Waals surface area contributed by atoms with Crippen molar-refractivity contribution < 1.29 is 13.5 Å². The first-order chi connectivity index (χ1) is 9.91. The number of sulfonamides is 1. The van der Waals surface area contributed by atoms with Crippen LogP contribution < -0.4 is 5.73 Å². The summed E-state index contributed by atoms with van der Waals surface area (Å²) in [7, 11) is -3.70. The number of pyridine rings is 1. The number of hydrogen-bond donors (Lipinski definition) is 2. The molecular weight excluding hydrogens is 310 g/mol. The minimum atomic E-state index is -3.70. The highest BCUT2D eigenvalue weighted by atomic mass is 32.2. The van der Waals surface area contributed by atoms with Gasteiger partial charge in [-0.25, -0.2) is 8.42 Å². The molecule has 114 valence electrons. The van der Waals surface area contributed by atoms with Crippen LogP contribution >= 0.6 is 12.2 Å². The zero-order chi connectivity index (χ0) is 15.2. The fourth-order valence-electron chi connectivity index (χ4n) is 3.40. The molecule has 3 rings (SSSR count). The molecule has 2 atom stereocenters. The molecule has 2 saturated heterocycles. The van der Waals surface area contributed by atoms with Gasteiger partial charge in [0.25, 0.3) is 0 Å². The lowest BCUT2D eigenvalue weighted by Crippen LogP contribution is -2.48. The quantitative estimate of drug-likeness (QED) is 0.780. The SMILES string of the molecule is NC(=S)c1ncccc1S(=O)(=O)N1C2CCC1CC(O)C2. The summed E-state index contributed by atoms with van der Waals surface area (Å²) < 4.78 is 27.5. The predicted octanol–water partition coefficient (Wildman–Crippen LogP) is 0.392. The molecular formula is C13H17N3O3S2. The lowest BCUT2D eigenvalue weighted by atomic mass is 10.0. The molecule has 6 nitrogen and oxygen atoms in total. The summed E-state index contributed by atoms with van der Waals surface area (Å²) >= 11 is 4.91. The minimum Gasteiger partial charge on any atom is -0.393 e. The summed E-state index contributed by atoms with van der Waals surface area (Å²) in [6.45, 7) is 0. The average Bonchev–Trinajstić information content (AvgIpc) is 2.72. The van der Waals surface area contributed by atoms with Gasteiger partial charge in [0.1, 0.15) is 15.6 Å². The second-order valence-electron chi connectivity index (χ2n) is 5.56. The van der Waals surface area contributed by atoms with Crippen LogP contribution in [0.1, 0.15) is 31.4 Å². The van der Waals surface area contributed by atoms with Crippen molar-refractivity contribution in [3.05, 3.63) is 24.0 Å². The fraction of sp³-hybridized carbons (Fsp3) is 0.538. The minimum absolute atomic E-state index is 0.0291. The lowest BCUT2D eigenvalue weighted by Gasteiger charge is -2.36. The van der Waals surface area contributed by atoms with Crippen LogP contribution in [0.5, 0.6) is 0 Å². The van der Waals surface area contributed by atoms with Gasteiger partial charge < -0.3 is 10.8 Å². The first-order valence-electron chi connectivity index (χ1n) is 6.87. The average molecular weight is 327 g/mol. The van der Waals surface area contributed by atoms with Crippen molar-refractivity contribution in [1.82, 2.24) is 9.29 Å². The summed E-state index contributed by atoms with van der Waals surface area (Å²) in [5.41, 5.74) is 5.73. The Morgan fingerprint density at radius 2 is 2.00 bits per heavy atom. The van der Waals surface area contributed by atoms with Gasteiger partial charge in [-0.2, -0.15) is 4.31 Å². The van der Waals surface area contributed by atoms with Crippen LogP contribution in [-0.2, 0) is 10.0 Å². The predicted molar refractivity (Wildman–Crippen MR) is 81.2 cm³/mol. The molecule has 21 heavy (non-hydrogen) atoms. The van der Waals surface area contributed by atoms with E-state index in [0.29, 0.717) is 12.8 Å². The Labute approximate surface area is 129 Å². The number of fused-ring (bicyclic) bond motifs is 2. The second-order valence-corrected chi connectivity index (χ2v) is 7.81. The molecule has 0 amide bonds. The third-order valence-corrected chi connectivity index (χ3v) is 6.43. The van der Waals surface area contributed by atoms with Crippen LogP contribution in [0, 0.1) is 0 Å². The molecule has 2 aliphatic rings. The van der Waals surface area contributed by atoms with E-state index in [1.54, 1.807) is 6.07 Å². The maximum Gasteiger partial charge on any atom is 0.245 e. The second kappa shape index (κ2) is 5.28. The van der Waals surface area contributed by atoms with Gasteiger partial charge in [-0.3, -0.25) is 4.98 Å². The van der Waals surface area contributed by atoms with E-state index in [-0.39, 0.29) is 27.7 Å². The van der Waals surface area contributed by atoms with Gasteiger partial charge in [0.15, 0.2) is 0 Å². The van der Waals surface area contributed by atoms with Gasteiger partial charge in [0.05, 0.1) is 6.10 Å². The number of piperidine rings is 1. The van der Waals surface area contributed by atoms with E-state index in [2.05, 4.69) is 4.98 Å². The largest absolute Gasteiger partial charge is 0.393 e. The Kier molecular flexibility index (Phi) is 3.73. The smallest absolute Gasteiger partial charge is 0.245 e. The Balaban J connectivity index is 2.05. The number of nitrogens with zero attached hydrogens (tertiary/aromatic N) is 2. The number of thiocarbonyl (C=S) groups is 1. The van der Waals surface area contributed by atoms with Crippen LogP contribution in [0.15, 0.2) is 23.2 Å². The molecule has 2 unspecified atom stereocenters. The number of rotatable bonds is 3. The molecule has 0 aliphatic carbocycles. The lowest BCUT2D eigenvalue weighted by molar-refractivity contribution is 0.0768. The maximum absolute atomic E-state index is 13.0. The van der Waals surface area contributed by atoms with Gasteiger partial charge >= 0.3 is 0 Å². The number of aromatic nitrogens is 1. The van der Waals surface area contributed by atoms with Gasteiger partial charge in [0, 0.05) is 18.3 Å². The highest BCUT2D eigenvalue weighted by Crippen LogP contribution is 2.40. The molecule has 3 heterocycles. The third kappa shape index (κ3) is 2.46. The summed E-state index contributed by atoms with van der Waals surface area (Å²) in [6, 6.07) is 2.75. The van der Waals surface area contributed by atoms with Gasteiger partial charge in [0.2, 0.25) is 10.0 Å². The molecule has 0 saturated carbocycles. The molecule has 8 heteroatoms. The monoisotopic (exact) mass is 327 g/mol. The molecule has 2 fully saturated rings. The van der Waals surface area contributed by atoms with Crippen LogP contribution in [-0.4, -0.2) is 46.0 Å². The first-order valence-corrected chi connectivity index (χ1v) is 8.72. The topological polar surface area (TPSA) is 96.5 Å². The van der Waals surface area contributed by atoms with E-state index in [1.165, 1.54) is 16.6 Å². The summed E-state index contributed by atoms with van der Waals surface area (Å²) in [6.07, 6.45) is 3.59. The Morgan fingerprint density at radius 3 is 2.57 bits per heavy atom. The Morgan fingerprint density at radius 1 is 1.38 bits per heavy atom. The van der Waals surface area contributed by atoms with Crippen molar-refractivity contribution in [2.45, 2.75) is 48.8 Å². The van der Waals surface area contributed by atoms with Crippen molar-refractivity contribution in [3.63, 3.8) is 0 Å². The number of nitrogens with two attached hydrogens (primary N) is 1. The molecule has 2 aliphatic heterocycles. The molecule has 1 aromatic rings. The zero-order valence-electron chi connectivity index (χ0n) is 11.3. The van der Waals surface area contributed by atoms with E-state index in [4.69, 9.17) is 18.0 Å². The standard InChI is InChI=1S/C13H17N3O3S2/c14-13(20)12-11(2-1-5-15-12)21(18,19)16-8-3-4-9(16)7-10(17)6-8/h1-2,5,8-10,17H,3-4,6-7H2,(H2,14,20). The third-order valence-electron chi connectivity index (χ3n) is 4.20. The van der Waals surface area contributed by atoms with Crippen LogP contribution in [0.3, 0.4) is 0 Å². The highest BCUT2D eigenvalue weighted by Gasteiger charge is 2.47. The van der Waals surface area contributed by atoms with Crippen LogP contribution in [0.4, 0.5) is 0 Å². The van der Waals surface area contributed by atoms with E-state index in [9.17, 15) is 13.5 Å². The zero-order valence-corrected chi connectivity index (χ0v) is 13.0. The summed E-state index contributed by atoms with van der Waals surface area (Å²) in [5.74, 6) is 0. The molecule has 0 radical (unpaired) electrons. The van der Waals surface area contributed by atoms with Crippen molar-refractivity contribution in [3.8, 4) is 0 Å². The molecule has 0 aromatic carbocycles. The highest BCUT2D eigenvalue weighted by molar-refractivity contribution is 7.89. The van der Waals surface area contributed by atoms with Crippen molar-refractivity contribution in [1.29, 1.82) is 0 Å². The molecule has 3 N–H and O–H groups in total. The summed E-state index contributed by atoms with van der Waals surface area (Å²) in [5, 5.41) is 9.81. The van der Waals surface area contributed by atoms with Gasteiger partial charge in [-0.1, -0.05) is 12.2 Å². The number of hydrogen-bond acceptors (Lipinski definition) is 5. The van der Waals surface area contributed by atoms with Crippen molar-refractivity contribution in [2.75, 3.05) is 0 Å². The molecule has 0 spiro atoms. The molecule has 1 aromatic heterocycles. The first kappa shape index (κ1) is 14.8. The van der Waals surface area contributed by atoms with E-state index in [0.717, 1.165) is 12.8 Å². The number of aliphatic hydroxyl groups is 1. The fourth-order valence-corrected chi connectivity index (χ4v) is 5.67. The van der Waals surface area contributed by atoms with E-state index >= 15 is 0 Å². The van der Waals surface area contributed by atoms with Crippen LogP contribution in [0.2, 0.25) is 0 Å². The molecule has 2 bridgehead atoms. The van der Waals surface area contributed by atoms with E-state index < -0.39 is 16.1 Å². The Hall–Kier alpha value is -1.09. The van der Waals surface area contributed by atoms with Crippen molar-refractivity contribution in [2.24, 2.45) is 5.73 Å². The van der Waals surface area contributed by atoms with E-state index in [1.807, 2.05) is 0 Å². The normalized spacial score (nSPS) is 29.5. The van der Waals surface area contributed by atoms with Gasteiger partial charge in [-0.15, -0.1) is 0 Å². The van der Waals surface area contributed by atoms with Crippen molar-refractivity contribution >= 4 is 27.2 Å². The summed E-state index contributed by atoms with van der Waals surface area (Å²) in [4.78, 5) is 4.04. The Bertz CT molecular complexity index is 663. The number of aliphatic hydroxyl groups excluding tert-OH is 1. The van der Waals surface area contributed by atoms with Crippen LogP contribution in [0.25, 0.3) is 0 Å².